The lowest BCUT2D eigenvalue weighted by atomic mass is 10.0. The van der Waals surface area contributed by atoms with Crippen molar-refractivity contribution in [3.63, 3.8) is 0 Å². The van der Waals surface area contributed by atoms with E-state index in [0.717, 1.165) is 16.8 Å². The Kier molecular flexibility index (Phi) is 2.33. The normalized spacial score (nSPS) is 12.7. The molecular formula is C11H13N3. The Morgan fingerprint density at radius 1 is 1.36 bits per heavy atom. The quantitative estimate of drug-likeness (QED) is 0.756. The Bertz CT molecular complexity index is 404. The second-order valence-electron chi connectivity index (χ2n) is 3.34. The maximum absolute atomic E-state index is 5.89. The van der Waals surface area contributed by atoms with Crippen LogP contribution >= 0.6 is 0 Å². The fourth-order valence-electron chi connectivity index (χ4n) is 1.54. The zero-order chi connectivity index (χ0) is 9.97. The van der Waals surface area contributed by atoms with Crippen LogP contribution in [0.15, 0.2) is 36.8 Å². The van der Waals surface area contributed by atoms with Crippen LogP contribution in [-0.4, -0.2) is 9.97 Å². The molecule has 0 aliphatic carbocycles. The van der Waals surface area contributed by atoms with Gasteiger partial charge in [-0.3, -0.25) is 0 Å². The first-order valence-electron chi connectivity index (χ1n) is 4.62. The number of nitrogens with one attached hydrogen (secondary N) is 1. The monoisotopic (exact) mass is 187 g/mol. The van der Waals surface area contributed by atoms with Crippen molar-refractivity contribution in [3.05, 3.63) is 42.4 Å². The largest absolute Gasteiger partial charge is 0.345 e. The molecule has 0 saturated carbocycles. The van der Waals surface area contributed by atoms with E-state index in [1.165, 1.54) is 0 Å². The van der Waals surface area contributed by atoms with Gasteiger partial charge in [0.1, 0.15) is 0 Å². The van der Waals surface area contributed by atoms with Gasteiger partial charge >= 0.3 is 0 Å². The number of hydrogen-bond acceptors (Lipinski definition) is 2. The number of benzene rings is 1. The van der Waals surface area contributed by atoms with Crippen LogP contribution < -0.4 is 5.73 Å². The molecule has 1 atom stereocenters. The molecule has 1 heterocycles. The minimum Gasteiger partial charge on any atom is -0.345 e. The summed E-state index contributed by atoms with van der Waals surface area (Å²) in [5, 5.41) is 0. The molecule has 0 amide bonds. The van der Waals surface area contributed by atoms with Crippen molar-refractivity contribution in [2.75, 3.05) is 0 Å². The van der Waals surface area contributed by atoms with Gasteiger partial charge in [0, 0.05) is 11.6 Å². The van der Waals surface area contributed by atoms with Gasteiger partial charge < -0.3 is 10.7 Å². The third kappa shape index (κ3) is 1.54. The van der Waals surface area contributed by atoms with Crippen molar-refractivity contribution in [2.24, 2.45) is 5.73 Å². The molecule has 0 aliphatic heterocycles. The Balaban J connectivity index is 2.53. The molecule has 3 nitrogen and oxygen atoms in total. The third-order valence-electron chi connectivity index (χ3n) is 2.24. The van der Waals surface area contributed by atoms with Gasteiger partial charge in [0.15, 0.2) is 0 Å². The summed E-state index contributed by atoms with van der Waals surface area (Å²) in [6.45, 7) is 1.98. The summed E-state index contributed by atoms with van der Waals surface area (Å²) in [4.78, 5) is 7.08. The lowest BCUT2D eigenvalue weighted by Crippen LogP contribution is -2.06. The maximum atomic E-state index is 5.89. The molecule has 3 N–H and O–H groups in total. The van der Waals surface area contributed by atoms with Gasteiger partial charge in [-0.15, -0.1) is 0 Å². The summed E-state index contributed by atoms with van der Waals surface area (Å²) in [6, 6.07) is 8.13. The molecule has 14 heavy (non-hydrogen) atoms. The number of hydrogen-bond donors (Lipinski definition) is 2. The Morgan fingerprint density at radius 3 is 2.79 bits per heavy atom. The van der Waals surface area contributed by atoms with Crippen molar-refractivity contribution in [1.29, 1.82) is 0 Å². The van der Waals surface area contributed by atoms with E-state index in [-0.39, 0.29) is 6.04 Å². The maximum Gasteiger partial charge on any atom is 0.0924 e. The highest BCUT2D eigenvalue weighted by Gasteiger charge is 2.08. The van der Waals surface area contributed by atoms with E-state index in [0.29, 0.717) is 0 Å². The molecule has 1 unspecified atom stereocenters. The lowest BCUT2D eigenvalue weighted by Gasteiger charge is -2.10. The number of aromatic nitrogens is 2. The fourth-order valence-corrected chi connectivity index (χ4v) is 1.54. The van der Waals surface area contributed by atoms with Crippen LogP contribution in [0.25, 0.3) is 11.3 Å². The number of rotatable bonds is 2. The molecule has 1 aromatic heterocycles. The van der Waals surface area contributed by atoms with Gasteiger partial charge in [-0.05, 0) is 12.5 Å². The number of H-pyrrole nitrogens is 1. The molecule has 0 spiro atoms. The van der Waals surface area contributed by atoms with Gasteiger partial charge in [-0.2, -0.15) is 0 Å². The molecular weight excluding hydrogens is 174 g/mol. The highest BCUT2D eigenvalue weighted by Crippen LogP contribution is 2.24. The second-order valence-corrected chi connectivity index (χ2v) is 3.34. The predicted octanol–water partition coefficient (Wildman–Crippen LogP) is 2.10. The van der Waals surface area contributed by atoms with Gasteiger partial charge in [-0.25, -0.2) is 4.98 Å². The van der Waals surface area contributed by atoms with E-state index in [1.54, 1.807) is 12.5 Å². The lowest BCUT2D eigenvalue weighted by molar-refractivity contribution is 0.820. The molecule has 0 saturated heterocycles. The first-order valence-corrected chi connectivity index (χ1v) is 4.62. The first-order chi connectivity index (χ1) is 6.79. The number of aromatic amines is 1. The Hall–Kier alpha value is -1.61. The van der Waals surface area contributed by atoms with Crippen LogP contribution in [0.3, 0.4) is 0 Å². The summed E-state index contributed by atoms with van der Waals surface area (Å²) in [7, 11) is 0. The SMILES string of the molecule is CC(N)c1ccccc1-c1cnc[nH]1. The van der Waals surface area contributed by atoms with Crippen LogP contribution in [0.5, 0.6) is 0 Å². The second kappa shape index (κ2) is 3.64. The summed E-state index contributed by atoms with van der Waals surface area (Å²) in [5.41, 5.74) is 9.16. The van der Waals surface area contributed by atoms with Gasteiger partial charge in [0.2, 0.25) is 0 Å². The van der Waals surface area contributed by atoms with Crippen LogP contribution in [0, 0.1) is 0 Å². The Morgan fingerprint density at radius 2 is 2.14 bits per heavy atom. The van der Waals surface area contributed by atoms with E-state index in [2.05, 4.69) is 9.97 Å². The summed E-state index contributed by atoms with van der Waals surface area (Å²) < 4.78 is 0. The first kappa shape index (κ1) is 8.97. The molecule has 0 fully saturated rings. The van der Waals surface area contributed by atoms with E-state index in [1.807, 2.05) is 31.2 Å². The third-order valence-corrected chi connectivity index (χ3v) is 2.24. The molecule has 0 bridgehead atoms. The highest BCUT2D eigenvalue weighted by molar-refractivity contribution is 5.63. The number of imidazole rings is 1. The Labute approximate surface area is 83.0 Å². The molecule has 0 radical (unpaired) electrons. The van der Waals surface area contributed by atoms with Crippen molar-refractivity contribution < 1.29 is 0 Å². The van der Waals surface area contributed by atoms with Gasteiger partial charge in [0.25, 0.3) is 0 Å². The molecule has 2 aromatic rings. The minimum atomic E-state index is 0.0366. The van der Waals surface area contributed by atoms with Crippen molar-refractivity contribution in [1.82, 2.24) is 9.97 Å². The van der Waals surface area contributed by atoms with Gasteiger partial charge in [0.05, 0.1) is 18.2 Å². The summed E-state index contributed by atoms with van der Waals surface area (Å²) >= 11 is 0. The van der Waals surface area contributed by atoms with Gasteiger partial charge in [-0.1, -0.05) is 24.3 Å². The minimum absolute atomic E-state index is 0.0366. The zero-order valence-corrected chi connectivity index (χ0v) is 8.07. The number of nitrogens with two attached hydrogens (primary N) is 1. The van der Waals surface area contributed by atoms with Crippen LogP contribution in [0.1, 0.15) is 18.5 Å². The van der Waals surface area contributed by atoms with E-state index >= 15 is 0 Å². The van der Waals surface area contributed by atoms with Crippen molar-refractivity contribution in [3.8, 4) is 11.3 Å². The highest BCUT2D eigenvalue weighted by atomic mass is 14.9. The van der Waals surface area contributed by atoms with Crippen LogP contribution in [0.2, 0.25) is 0 Å². The predicted molar refractivity (Wildman–Crippen MR) is 56.6 cm³/mol. The van der Waals surface area contributed by atoms with Crippen molar-refractivity contribution >= 4 is 0 Å². The van der Waals surface area contributed by atoms with E-state index < -0.39 is 0 Å². The molecule has 3 heteroatoms. The van der Waals surface area contributed by atoms with Crippen LogP contribution in [-0.2, 0) is 0 Å². The average molecular weight is 187 g/mol. The summed E-state index contributed by atoms with van der Waals surface area (Å²) in [6.07, 6.45) is 3.48. The molecule has 72 valence electrons. The topological polar surface area (TPSA) is 54.7 Å². The van der Waals surface area contributed by atoms with E-state index in [9.17, 15) is 0 Å². The molecule has 1 aromatic carbocycles. The standard InChI is InChI=1S/C11H13N3/c1-8(12)9-4-2-3-5-10(9)11-6-13-7-14-11/h2-8H,12H2,1H3,(H,13,14). The zero-order valence-electron chi connectivity index (χ0n) is 8.07. The molecule has 2 rings (SSSR count). The number of nitrogens with zero attached hydrogens (tertiary/aromatic N) is 1. The summed E-state index contributed by atoms with van der Waals surface area (Å²) in [5.74, 6) is 0. The van der Waals surface area contributed by atoms with E-state index in [4.69, 9.17) is 5.73 Å². The van der Waals surface area contributed by atoms with Crippen molar-refractivity contribution in [2.45, 2.75) is 13.0 Å². The molecule has 0 aliphatic rings. The van der Waals surface area contributed by atoms with Crippen LogP contribution in [0.4, 0.5) is 0 Å². The smallest absolute Gasteiger partial charge is 0.0924 e. The average Bonchev–Trinajstić information content (AvgIpc) is 2.70. The fraction of sp³-hybridized carbons (Fsp3) is 0.182.